The highest BCUT2D eigenvalue weighted by atomic mass is 16.2. The predicted molar refractivity (Wildman–Crippen MR) is 82.0 cm³/mol. The van der Waals surface area contributed by atoms with Crippen molar-refractivity contribution in [2.24, 2.45) is 17.1 Å². The third kappa shape index (κ3) is 2.24. The summed E-state index contributed by atoms with van der Waals surface area (Å²) in [5.74, 6) is 0.388. The van der Waals surface area contributed by atoms with E-state index in [-0.39, 0.29) is 5.91 Å². The lowest BCUT2D eigenvalue weighted by Gasteiger charge is -2.51. The highest BCUT2D eigenvalue weighted by Crippen LogP contribution is 2.47. The lowest BCUT2D eigenvalue weighted by molar-refractivity contribution is -0.145. The number of hydrogen-bond acceptors (Lipinski definition) is 4. The SMILES string of the molecule is NC(=O)C1(C(=O)N2CCN([C@@H]3CN4CCC3CC4)CC2)CC1. The monoisotopic (exact) mass is 306 g/mol. The number of piperidine rings is 3. The summed E-state index contributed by atoms with van der Waals surface area (Å²) in [6.07, 6.45) is 3.94. The molecule has 1 aliphatic carbocycles. The van der Waals surface area contributed by atoms with Crippen molar-refractivity contribution < 1.29 is 9.59 Å². The molecule has 5 rings (SSSR count). The van der Waals surface area contributed by atoms with Crippen LogP contribution < -0.4 is 5.73 Å². The summed E-state index contributed by atoms with van der Waals surface area (Å²) in [5, 5.41) is 0. The second-order valence-corrected chi connectivity index (χ2v) is 7.48. The van der Waals surface area contributed by atoms with Crippen molar-refractivity contribution in [3.8, 4) is 0 Å². The van der Waals surface area contributed by atoms with Crippen LogP contribution in [0.1, 0.15) is 25.7 Å². The minimum Gasteiger partial charge on any atom is -0.369 e. The van der Waals surface area contributed by atoms with Gasteiger partial charge in [-0.1, -0.05) is 0 Å². The minimum atomic E-state index is -0.849. The van der Waals surface area contributed by atoms with Crippen LogP contribution in [0.5, 0.6) is 0 Å². The average molecular weight is 306 g/mol. The summed E-state index contributed by atoms with van der Waals surface area (Å²) in [4.78, 5) is 31.1. The van der Waals surface area contributed by atoms with Crippen molar-refractivity contribution in [3.05, 3.63) is 0 Å². The van der Waals surface area contributed by atoms with Gasteiger partial charge in [0.1, 0.15) is 5.41 Å². The Morgan fingerprint density at radius 2 is 1.59 bits per heavy atom. The molecule has 5 aliphatic rings. The van der Waals surface area contributed by atoms with Crippen LogP contribution in [0.2, 0.25) is 0 Å². The molecule has 6 nitrogen and oxygen atoms in total. The van der Waals surface area contributed by atoms with Crippen molar-refractivity contribution in [2.45, 2.75) is 31.7 Å². The Bertz CT molecular complexity index is 475. The maximum Gasteiger partial charge on any atom is 0.238 e. The minimum absolute atomic E-state index is 0.0198. The number of piperazine rings is 1. The van der Waals surface area contributed by atoms with Gasteiger partial charge in [-0.05, 0) is 44.7 Å². The van der Waals surface area contributed by atoms with E-state index in [1.165, 1.54) is 32.5 Å². The first kappa shape index (κ1) is 14.5. The number of fused-ring (bicyclic) bond motifs is 3. The molecule has 0 aromatic rings. The number of carbonyl (C=O) groups excluding carboxylic acids is 2. The van der Waals surface area contributed by atoms with Crippen LogP contribution in [-0.2, 0) is 9.59 Å². The van der Waals surface area contributed by atoms with Crippen LogP contribution in [0.15, 0.2) is 0 Å². The van der Waals surface area contributed by atoms with E-state index in [0.717, 1.165) is 32.1 Å². The molecule has 4 heterocycles. The Balaban J connectivity index is 1.35. The molecule has 0 aromatic heterocycles. The smallest absolute Gasteiger partial charge is 0.238 e. The van der Waals surface area contributed by atoms with Gasteiger partial charge in [0.15, 0.2) is 0 Å². The summed E-state index contributed by atoms with van der Waals surface area (Å²) < 4.78 is 0. The molecule has 2 amide bonds. The van der Waals surface area contributed by atoms with E-state index in [0.29, 0.717) is 18.9 Å². The number of hydrogen-bond donors (Lipinski definition) is 1. The average Bonchev–Trinajstić information content (AvgIpc) is 3.37. The van der Waals surface area contributed by atoms with E-state index in [1.807, 2.05) is 4.90 Å². The van der Waals surface area contributed by atoms with Crippen molar-refractivity contribution in [2.75, 3.05) is 45.8 Å². The molecule has 2 bridgehead atoms. The van der Waals surface area contributed by atoms with Crippen molar-refractivity contribution in [1.82, 2.24) is 14.7 Å². The Hall–Kier alpha value is -1.14. The molecule has 22 heavy (non-hydrogen) atoms. The molecule has 1 saturated carbocycles. The number of nitrogens with zero attached hydrogens (tertiary/aromatic N) is 3. The third-order valence-electron chi connectivity index (χ3n) is 6.32. The highest BCUT2D eigenvalue weighted by Gasteiger charge is 2.57. The molecular formula is C16H26N4O2. The van der Waals surface area contributed by atoms with Crippen molar-refractivity contribution in [3.63, 3.8) is 0 Å². The molecule has 0 unspecified atom stereocenters. The van der Waals surface area contributed by atoms with E-state index in [2.05, 4.69) is 9.80 Å². The van der Waals surface area contributed by atoms with Gasteiger partial charge in [-0.25, -0.2) is 0 Å². The summed E-state index contributed by atoms with van der Waals surface area (Å²) >= 11 is 0. The summed E-state index contributed by atoms with van der Waals surface area (Å²) in [6, 6.07) is 0.672. The largest absolute Gasteiger partial charge is 0.369 e. The van der Waals surface area contributed by atoms with E-state index < -0.39 is 11.3 Å². The molecule has 0 radical (unpaired) electrons. The van der Waals surface area contributed by atoms with Gasteiger partial charge in [-0.3, -0.25) is 14.5 Å². The topological polar surface area (TPSA) is 69.9 Å². The third-order valence-corrected chi connectivity index (χ3v) is 6.32. The van der Waals surface area contributed by atoms with E-state index in [4.69, 9.17) is 5.73 Å². The maximum atomic E-state index is 12.5. The van der Waals surface area contributed by atoms with Gasteiger partial charge >= 0.3 is 0 Å². The Morgan fingerprint density at radius 1 is 0.955 bits per heavy atom. The molecule has 1 atom stereocenters. The lowest BCUT2D eigenvalue weighted by atomic mass is 9.83. The molecule has 122 valence electrons. The number of carbonyl (C=O) groups is 2. The number of amides is 2. The summed E-state index contributed by atoms with van der Waals surface area (Å²) in [7, 11) is 0. The quantitative estimate of drug-likeness (QED) is 0.713. The van der Waals surface area contributed by atoms with Crippen LogP contribution in [0.4, 0.5) is 0 Å². The molecule has 6 heteroatoms. The fourth-order valence-electron chi connectivity index (χ4n) is 4.60. The van der Waals surface area contributed by atoms with Crippen LogP contribution in [0, 0.1) is 11.3 Å². The maximum absolute atomic E-state index is 12.5. The van der Waals surface area contributed by atoms with Gasteiger partial charge in [-0.15, -0.1) is 0 Å². The zero-order chi connectivity index (χ0) is 15.3. The summed E-state index contributed by atoms with van der Waals surface area (Å²) in [6.45, 7) is 7.10. The van der Waals surface area contributed by atoms with E-state index >= 15 is 0 Å². The molecule has 4 aliphatic heterocycles. The van der Waals surface area contributed by atoms with Crippen LogP contribution in [0.25, 0.3) is 0 Å². The predicted octanol–water partition coefficient (Wildman–Crippen LogP) is -0.510. The number of rotatable bonds is 3. The fourth-order valence-corrected chi connectivity index (χ4v) is 4.60. The summed E-state index contributed by atoms with van der Waals surface area (Å²) in [5.41, 5.74) is 4.57. The molecule has 5 fully saturated rings. The zero-order valence-corrected chi connectivity index (χ0v) is 13.2. The second-order valence-electron chi connectivity index (χ2n) is 7.48. The van der Waals surface area contributed by atoms with E-state index in [1.54, 1.807) is 0 Å². The fraction of sp³-hybridized carbons (Fsp3) is 0.875. The van der Waals surface area contributed by atoms with Crippen LogP contribution in [-0.4, -0.2) is 78.4 Å². The van der Waals surface area contributed by atoms with Crippen LogP contribution >= 0.6 is 0 Å². The molecule has 0 aromatic carbocycles. The van der Waals surface area contributed by atoms with Gasteiger partial charge in [0.05, 0.1) is 0 Å². The molecule has 4 saturated heterocycles. The van der Waals surface area contributed by atoms with Gasteiger partial charge < -0.3 is 15.5 Å². The molecule has 0 spiro atoms. The Labute approximate surface area is 131 Å². The Kier molecular flexibility index (Phi) is 3.42. The van der Waals surface area contributed by atoms with Gasteiger partial charge in [-0.2, -0.15) is 0 Å². The standard InChI is InChI=1S/C16H26N4O2/c17-14(21)16(3-4-16)15(22)20-9-7-19(8-10-20)13-11-18-5-1-12(13)2-6-18/h12-13H,1-11H2,(H2,17,21)/t13-/m1/s1. The first-order chi connectivity index (χ1) is 10.6. The normalized spacial score (nSPS) is 37.1. The van der Waals surface area contributed by atoms with Crippen LogP contribution in [0.3, 0.4) is 0 Å². The first-order valence-electron chi connectivity index (χ1n) is 8.66. The van der Waals surface area contributed by atoms with Crippen molar-refractivity contribution in [1.29, 1.82) is 0 Å². The number of nitrogens with two attached hydrogens (primary N) is 1. The lowest BCUT2D eigenvalue weighted by Crippen LogP contribution is -2.62. The van der Waals surface area contributed by atoms with E-state index in [9.17, 15) is 9.59 Å². The highest BCUT2D eigenvalue weighted by molar-refractivity contribution is 6.07. The van der Waals surface area contributed by atoms with Gasteiger partial charge in [0.2, 0.25) is 11.8 Å². The molecule has 2 N–H and O–H groups in total. The molecular weight excluding hydrogens is 280 g/mol. The number of primary amides is 1. The Morgan fingerprint density at radius 3 is 2.05 bits per heavy atom. The first-order valence-corrected chi connectivity index (χ1v) is 8.66. The van der Waals surface area contributed by atoms with Crippen molar-refractivity contribution >= 4 is 11.8 Å². The zero-order valence-electron chi connectivity index (χ0n) is 13.2. The second kappa shape index (κ2) is 5.20. The van der Waals surface area contributed by atoms with Gasteiger partial charge in [0, 0.05) is 38.8 Å². The van der Waals surface area contributed by atoms with Gasteiger partial charge in [0.25, 0.3) is 0 Å².